The molecular formula is C17H15ClN2O2. The minimum Gasteiger partial charge on any atom is -0.326 e. The molecule has 0 aromatic heterocycles. The first-order valence-corrected chi connectivity index (χ1v) is 7.03. The number of halogens is 1. The molecule has 112 valence electrons. The molecule has 0 aliphatic heterocycles. The third-order valence-corrected chi connectivity index (χ3v) is 2.99. The largest absolute Gasteiger partial charge is 0.326 e. The van der Waals surface area contributed by atoms with Crippen LogP contribution in [0, 0.1) is 0 Å². The van der Waals surface area contributed by atoms with Gasteiger partial charge >= 0.3 is 0 Å². The summed E-state index contributed by atoms with van der Waals surface area (Å²) in [6.07, 6.45) is 3.13. The Balaban J connectivity index is 1.96. The summed E-state index contributed by atoms with van der Waals surface area (Å²) in [5.41, 5.74) is 2.21. The van der Waals surface area contributed by atoms with Crippen LogP contribution in [-0.2, 0) is 9.59 Å². The number of nitrogens with one attached hydrogen (secondary N) is 2. The van der Waals surface area contributed by atoms with Crippen LogP contribution < -0.4 is 10.6 Å². The average Bonchev–Trinajstić information content (AvgIpc) is 2.46. The Kier molecular flexibility index (Phi) is 5.33. The predicted molar refractivity (Wildman–Crippen MR) is 89.9 cm³/mol. The molecule has 2 aromatic rings. The molecule has 0 aliphatic carbocycles. The zero-order valence-electron chi connectivity index (χ0n) is 12.0. The van der Waals surface area contributed by atoms with E-state index < -0.39 is 0 Å². The fourth-order valence-electron chi connectivity index (χ4n) is 1.80. The van der Waals surface area contributed by atoms with Crippen LogP contribution in [0.1, 0.15) is 12.5 Å². The lowest BCUT2D eigenvalue weighted by atomic mass is 10.2. The maximum Gasteiger partial charge on any atom is 0.248 e. The second-order valence-corrected chi connectivity index (χ2v) is 5.07. The molecule has 0 atom stereocenters. The second kappa shape index (κ2) is 7.43. The van der Waals surface area contributed by atoms with E-state index in [0.717, 1.165) is 5.56 Å². The maximum atomic E-state index is 11.8. The highest BCUT2D eigenvalue weighted by Gasteiger charge is 1.99. The van der Waals surface area contributed by atoms with E-state index in [1.165, 1.54) is 13.0 Å². The van der Waals surface area contributed by atoms with Crippen LogP contribution in [0.25, 0.3) is 6.08 Å². The highest BCUT2D eigenvalue weighted by atomic mass is 35.5. The van der Waals surface area contributed by atoms with Gasteiger partial charge < -0.3 is 10.6 Å². The van der Waals surface area contributed by atoms with Crippen LogP contribution in [0.3, 0.4) is 0 Å². The molecule has 2 N–H and O–H groups in total. The maximum absolute atomic E-state index is 11.8. The van der Waals surface area contributed by atoms with Gasteiger partial charge in [-0.05, 0) is 42.0 Å². The van der Waals surface area contributed by atoms with Gasteiger partial charge in [-0.1, -0.05) is 29.8 Å². The Hall–Kier alpha value is -2.59. The number of amides is 2. The number of hydrogen-bond acceptors (Lipinski definition) is 2. The lowest BCUT2D eigenvalue weighted by molar-refractivity contribution is -0.114. The first-order chi connectivity index (χ1) is 10.5. The van der Waals surface area contributed by atoms with Gasteiger partial charge in [0.2, 0.25) is 11.8 Å². The Labute approximate surface area is 133 Å². The van der Waals surface area contributed by atoms with E-state index in [1.807, 2.05) is 12.1 Å². The van der Waals surface area contributed by atoms with E-state index >= 15 is 0 Å². The molecule has 0 saturated heterocycles. The number of hydrogen-bond donors (Lipinski definition) is 2. The molecule has 0 unspecified atom stereocenters. The molecule has 0 radical (unpaired) electrons. The predicted octanol–water partition coefficient (Wildman–Crippen LogP) is 3.95. The van der Waals surface area contributed by atoms with Gasteiger partial charge in [0.1, 0.15) is 0 Å². The fourth-order valence-corrected chi connectivity index (χ4v) is 1.99. The van der Waals surface area contributed by atoms with Crippen LogP contribution in [0.4, 0.5) is 11.4 Å². The van der Waals surface area contributed by atoms with Crippen LogP contribution >= 0.6 is 11.6 Å². The topological polar surface area (TPSA) is 58.2 Å². The van der Waals surface area contributed by atoms with Crippen LogP contribution in [-0.4, -0.2) is 11.8 Å². The lowest BCUT2D eigenvalue weighted by Crippen LogP contribution is -2.07. The Morgan fingerprint density at radius 1 is 1.00 bits per heavy atom. The van der Waals surface area contributed by atoms with Gasteiger partial charge in [-0.3, -0.25) is 9.59 Å². The van der Waals surface area contributed by atoms with Crippen molar-refractivity contribution in [2.45, 2.75) is 6.92 Å². The Bertz CT molecular complexity index is 709. The Morgan fingerprint density at radius 3 is 2.36 bits per heavy atom. The van der Waals surface area contributed by atoms with Gasteiger partial charge in [0.25, 0.3) is 0 Å². The van der Waals surface area contributed by atoms with E-state index in [9.17, 15) is 9.59 Å². The zero-order valence-corrected chi connectivity index (χ0v) is 12.7. The van der Waals surface area contributed by atoms with Gasteiger partial charge in [0.05, 0.1) is 0 Å². The van der Waals surface area contributed by atoms with E-state index in [1.54, 1.807) is 42.5 Å². The van der Waals surface area contributed by atoms with Crippen molar-refractivity contribution in [2.24, 2.45) is 0 Å². The molecule has 0 fully saturated rings. The first kappa shape index (κ1) is 15.8. The molecule has 0 saturated carbocycles. The summed E-state index contributed by atoms with van der Waals surface area (Å²) in [7, 11) is 0. The van der Waals surface area contributed by atoms with Crippen molar-refractivity contribution in [1.29, 1.82) is 0 Å². The van der Waals surface area contributed by atoms with Gasteiger partial charge in [-0.25, -0.2) is 0 Å². The number of anilines is 2. The van der Waals surface area contributed by atoms with Crippen molar-refractivity contribution in [2.75, 3.05) is 10.6 Å². The van der Waals surface area contributed by atoms with Crippen molar-refractivity contribution in [3.05, 3.63) is 65.2 Å². The third kappa shape index (κ3) is 5.07. The summed E-state index contributed by atoms with van der Waals surface area (Å²) in [6, 6.07) is 14.1. The summed E-state index contributed by atoms with van der Waals surface area (Å²) >= 11 is 5.85. The summed E-state index contributed by atoms with van der Waals surface area (Å²) in [5, 5.41) is 5.97. The zero-order chi connectivity index (χ0) is 15.9. The SMILES string of the molecule is CC(=O)Nc1ccc(/C=C/C(=O)Nc2cccc(Cl)c2)cc1. The molecule has 0 aliphatic rings. The molecular weight excluding hydrogens is 300 g/mol. The van der Waals surface area contributed by atoms with E-state index in [2.05, 4.69) is 10.6 Å². The first-order valence-electron chi connectivity index (χ1n) is 6.65. The smallest absolute Gasteiger partial charge is 0.248 e. The summed E-state index contributed by atoms with van der Waals surface area (Å²) in [6.45, 7) is 1.45. The second-order valence-electron chi connectivity index (χ2n) is 4.64. The highest BCUT2D eigenvalue weighted by molar-refractivity contribution is 6.30. The minimum atomic E-state index is -0.242. The molecule has 22 heavy (non-hydrogen) atoms. The number of benzene rings is 2. The molecule has 0 bridgehead atoms. The molecule has 0 spiro atoms. The van der Waals surface area contributed by atoms with Crippen molar-refractivity contribution in [3.8, 4) is 0 Å². The third-order valence-electron chi connectivity index (χ3n) is 2.75. The average molecular weight is 315 g/mol. The summed E-state index contributed by atoms with van der Waals surface area (Å²) in [4.78, 5) is 22.7. The summed E-state index contributed by atoms with van der Waals surface area (Å²) < 4.78 is 0. The molecule has 5 heteroatoms. The standard InChI is InChI=1S/C17H15ClN2O2/c1-12(21)19-15-8-5-13(6-9-15)7-10-17(22)20-16-4-2-3-14(18)11-16/h2-11H,1H3,(H,19,21)(H,20,22)/b10-7+. The van der Waals surface area contributed by atoms with Crippen molar-refractivity contribution >= 4 is 40.9 Å². The normalized spacial score (nSPS) is 10.5. The molecule has 4 nitrogen and oxygen atoms in total. The number of carbonyl (C=O) groups excluding carboxylic acids is 2. The minimum absolute atomic E-state index is 0.121. The molecule has 2 amide bonds. The monoisotopic (exact) mass is 314 g/mol. The number of carbonyl (C=O) groups is 2. The Morgan fingerprint density at radius 2 is 1.73 bits per heavy atom. The van der Waals surface area contributed by atoms with Crippen LogP contribution in [0.5, 0.6) is 0 Å². The highest BCUT2D eigenvalue weighted by Crippen LogP contribution is 2.15. The quantitative estimate of drug-likeness (QED) is 0.839. The van der Waals surface area contributed by atoms with Crippen LogP contribution in [0.15, 0.2) is 54.6 Å². The van der Waals surface area contributed by atoms with Crippen molar-refractivity contribution in [1.82, 2.24) is 0 Å². The van der Waals surface area contributed by atoms with E-state index in [4.69, 9.17) is 11.6 Å². The van der Waals surface area contributed by atoms with E-state index in [0.29, 0.717) is 16.4 Å². The number of rotatable bonds is 4. The van der Waals surface area contributed by atoms with Gasteiger partial charge in [-0.2, -0.15) is 0 Å². The van der Waals surface area contributed by atoms with Gasteiger partial charge in [0.15, 0.2) is 0 Å². The molecule has 2 rings (SSSR count). The lowest BCUT2D eigenvalue weighted by Gasteiger charge is -2.03. The molecule has 0 heterocycles. The van der Waals surface area contributed by atoms with Crippen LogP contribution in [0.2, 0.25) is 5.02 Å². The molecule has 2 aromatic carbocycles. The van der Waals surface area contributed by atoms with Gasteiger partial charge in [0, 0.05) is 29.4 Å². The van der Waals surface area contributed by atoms with Crippen molar-refractivity contribution in [3.63, 3.8) is 0 Å². The summed E-state index contributed by atoms with van der Waals surface area (Å²) in [5.74, 6) is -0.364. The fraction of sp³-hybridized carbons (Fsp3) is 0.0588. The van der Waals surface area contributed by atoms with Gasteiger partial charge in [-0.15, -0.1) is 0 Å². The van der Waals surface area contributed by atoms with Crippen molar-refractivity contribution < 1.29 is 9.59 Å². The van der Waals surface area contributed by atoms with E-state index in [-0.39, 0.29) is 11.8 Å².